The number of rotatable bonds is 4. The molecule has 0 aromatic heterocycles. The van der Waals surface area contributed by atoms with Crippen LogP contribution in [0.1, 0.15) is 20.8 Å². The number of hydrogen-bond donors (Lipinski definition) is 2. The topological polar surface area (TPSA) is 73.6 Å². The van der Waals surface area contributed by atoms with E-state index >= 15 is 0 Å². The molecule has 0 saturated heterocycles. The highest BCUT2D eigenvalue weighted by molar-refractivity contribution is 5.78. The second kappa shape index (κ2) is 5.62. The third kappa shape index (κ3) is 4.53. The third-order valence-corrected chi connectivity index (χ3v) is 2.09. The molecule has 0 atom stereocenters. The van der Waals surface area contributed by atoms with Gasteiger partial charge >= 0.3 is 0 Å². The fourth-order valence-electron chi connectivity index (χ4n) is 1.36. The first kappa shape index (κ1) is 14.2. The van der Waals surface area contributed by atoms with Crippen LogP contribution in [-0.2, 0) is 4.79 Å². The molecule has 0 spiro atoms. The number of carbonyl (C=O) groups excluding carboxylic acids is 1. The van der Waals surface area contributed by atoms with Crippen LogP contribution in [0.3, 0.4) is 0 Å². The molecule has 0 aliphatic heterocycles. The molecule has 1 rings (SSSR count). The molecule has 5 nitrogen and oxygen atoms in total. The van der Waals surface area contributed by atoms with Crippen LogP contribution in [0.2, 0.25) is 0 Å². The zero-order valence-corrected chi connectivity index (χ0v) is 11.2. The van der Waals surface area contributed by atoms with Gasteiger partial charge in [-0.05, 0) is 32.9 Å². The molecule has 1 aromatic rings. The van der Waals surface area contributed by atoms with Gasteiger partial charge in [0.2, 0.25) is 0 Å². The van der Waals surface area contributed by atoms with Crippen LogP contribution in [0.4, 0.5) is 5.69 Å². The number of anilines is 1. The van der Waals surface area contributed by atoms with Gasteiger partial charge in [0.25, 0.3) is 5.91 Å². The Kier molecular flexibility index (Phi) is 4.42. The highest BCUT2D eigenvalue weighted by Crippen LogP contribution is 2.26. The van der Waals surface area contributed by atoms with E-state index in [4.69, 9.17) is 15.2 Å². The second-order valence-electron chi connectivity index (χ2n) is 4.99. The van der Waals surface area contributed by atoms with E-state index in [2.05, 4.69) is 5.32 Å². The van der Waals surface area contributed by atoms with Gasteiger partial charge in [-0.25, -0.2) is 0 Å². The summed E-state index contributed by atoms with van der Waals surface area (Å²) in [5.41, 5.74) is 5.94. The number of methoxy groups -OCH3 is 1. The summed E-state index contributed by atoms with van der Waals surface area (Å²) in [7, 11) is 1.56. The van der Waals surface area contributed by atoms with E-state index in [0.29, 0.717) is 17.2 Å². The number of carbonyl (C=O) groups is 1. The van der Waals surface area contributed by atoms with Crippen molar-refractivity contribution in [2.24, 2.45) is 0 Å². The molecular formula is C13H20N2O3. The quantitative estimate of drug-likeness (QED) is 0.798. The molecule has 3 N–H and O–H groups in total. The molecule has 0 saturated carbocycles. The standard InChI is InChI=1S/C13H20N2O3/c1-13(2,3)15-12(16)8-18-11-7-9(17-4)5-6-10(11)14/h5-7H,8,14H2,1-4H3,(H,15,16). The van der Waals surface area contributed by atoms with Gasteiger partial charge in [0.1, 0.15) is 11.5 Å². The minimum Gasteiger partial charge on any atom is -0.497 e. The Bertz CT molecular complexity index is 425. The molecule has 0 heterocycles. The summed E-state index contributed by atoms with van der Waals surface area (Å²) < 4.78 is 10.4. The SMILES string of the molecule is COc1ccc(N)c(OCC(=O)NC(C)(C)C)c1. The maximum atomic E-state index is 11.6. The summed E-state index contributed by atoms with van der Waals surface area (Å²) in [6, 6.07) is 5.06. The molecule has 0 unspecified atom stereocenters. The first-order chi connectivity index (χ1) is 8.31. The highest BCUT2D eigenvalue weighted by atomic mass is 16.5. The monoisotopic (exact) mass is 252 g/mol. The summed E-state index contributed by atoms with van der Waals surface area (Å²) in [4.78, 5) is 11.6. The molecule has 5 heteroatoms. The van der Waals surface area contributed by atoms with Crippen LogP contribution in [0.15, 0.2) is 18.2 Å². The lowest BCUT2D eigenvalue weighted by molar-refractivity contribution is -0.124. The number of nitrogens with one attached hydrogen (secondary N) is 1. The molecule has 1 amide bonds. The summed E-state index contributed by atoms with van der Waals surface area (Å²) >= 11 is 0. The minimum atomic E-state index is -0.277. The fourth-order valence-corrected chi connectivity index (χ4v) is 1.36. The number of nitrogen functional groups attached to an aromatic ring is 1. The highest BCUT2D eigenvalue weighted by Gasteiger charge is 2.14. The predicted molar refractivity (Wildman–Crippen MR) is 70.8 cm³/mol. The van der Waals surface area contributed by atoms with Crippen LogP contribution in [0.5, 0.6) is 11.5 Å². The van der Waals surface area contributed by atoms with Gasteiger partial charge in [0, 0.05) is 11.6 Å². The van der Waals surface area contributed by atoms with Crippen LogP contribution in [0, 0.1) is 0 Å². The van der Waals surface area contributed by atoms with Crippen molar-refractivity contribution < 1.29 is 14.3 Å². The Morgan fingerprint density at radius 2 is 2.06 bits per heavy atom. The Morgan fingerprint density at radius 1 is 1.39 bits per heavy atom. The van der Waals surface area contributed by atoms with Crippen molar-refractivity contribution in [2.75, 3.05) is 19.5 Å². The molecule has 18 heavy (non-hydrogen) atoms. The van der Waals surface area contributed by atoms with Crippen molar-refractivity contribution >= 4 is 11.6 Å². The second-order valence-corrected chi connectivity index (χ2v) is 4.99. The van der Waals surface area contributed by atoms with Crippen LogP contribution in [-0.4, -0.2) is 25.2 Å². The zero-order chi connectivity index (χ0) is 13.8. The van der Waals surface area contributed by atoms with Crippen molar-refractivity contribution in [2.45, 2.75) is 26.3 Å². The Hall–Kier alpha value is -1.91. The van der Waals surface area contributed by atoms with E-state index in [1.54, 1.807) is 25.3 Å². The molecule has 0 aliphatic rings. The smallest absolute Gasteiger partial charge is 0.258 e. The predicted octanol–water partition coefficient (Wildman–Crippen LogP) is 1.57. The number of hydrogen-bond acceptors (Lipinski definition) is 4. The lowest BCUT2D eigenvalue weighted by atomic mass is 10.1. The fraction of sp³-hybridized carbons (Fsp3) is 0.462. The Balaban J connectivity index is 2.60. The summed E-state index contributed by atoms with van der Waals surface area (Å²) in [5, 5.41) is 2.80. The lowest BCUT2D eigenvalue weighted by Crippen LogP contribution is -2.43. The van der Waals surface area contributed by atoms with Crippen LogP contribution >= 0.6 is 0 Å². The van der Waals surface area contributed by atoms with Crippen LogP contribution in [0.25, 0.3) is 0 Å². The summed E-state index contributed by atoms with van der Waals surface area (Å²) in [5.74, 6) is 0.888. The van der Waals surface area contributed by atoms with E-state index in [0.717, 1.165) is 0 Å². The van der Waals surface area contributed by atoms with E-state index in [1.165, 1.54) is 0 Å². The van der Waals surface area contributed by atoms with E-state index in [1.807, 2.05) is 20.8 Å². The molecule has 100 valence electrons. The van der Waals surface area contributed by atoms with Gasteiger partial charge in [0.05, 0.1) is 12.8 Å². The van der Waals surface area contributed by atoms with Crippen molar-refractivity contribution in [3.05, 3.63) is 18.2 Å². The molecule has 1 aromatic carbocycles. The molecule has 0 radical (unpaired) electrons. The number of ether oxygens (including phenoxy) is 2. The van der Waals surface area contributed by atoms with E-state index in [9.17, 15) is 4.79 Å². The van der Waals surface area contributed by atoms with Gasteiger partial charge in [0.15, 0.2) is 6.61 Å². The van der Waals surface area contributed by atoms with Crippen molar-refractivity contribution in [1.29, 1.82) is 0 Å². The number of amides is 1. The molecule has 0 bridgehead atoms. The van der Waals surface area contributed by atoms with Gasteiger partial charge in [-0.15, -0.1) is 0 Å². The molecule has 0 fully saturated rings. The van der Waals surface area contributed by atoms with Gasteiger partial charge in [-0.2, -0.15) is 0 Å². The first-order valence-corrected chi connectivity index (χ1v) is 5.69. The van der Waals surface area contributed by atoms with Gasteiger partial charge in [-0.1, -0.05) is 0 Å². The van der Waals surface area contributed by atoms with Crippen molar-refractivity contribution in [3.63, 3.8) is 0 Å². The van der Waals surface area contributed by atoms with Crippen LogP contribution < -0.4 is 20.5 Å². The van der Waals surface area contributed by atoms with Crippen molar-refractivity contribution in [1.82, 2.24) is 5.32 Å². The Morgan fingerprint density at radius 3 is 2.61 bits per heavy atom. The third-order valence-electron chi connectivity index (χ3n) is 2.09. The largest absolute Gasteiger partial charge is 0.497 e. The Labute approximate surface area is 107 Å². The average molecular weight is 252 g/mol. The summed E-state index contributed by atoms with van der Waals surface area (Å²) in [6.07, 6.45) is 0. The molecular weight excluding hydrogens is 232 g/mol. The number of benzene rings is 1. The van der Waals surface area contributed by atoms with Gasteiger partial charge < -0.3 is 20.5 Å². The zero-order valence-electron chi connectivity index (χ0n) is 11.2. The van der Waals surface area contributed by atoms with Crippen molar-refractivity contribution in [3.8, 4) is 11.5 Å². The van der Waals surface area contributed by atoms with Gasteiger partial charge in [-0.3, -0.25) is 4.79 Å². The number of nitrogens with two attached hydrogens (primary N) is 1. The minimum absolute atomic E-state index is 0.0748. The maximum absolute atomic E-state index is 11.6. The average Bonchev–Trinajstić information content (AvgIpc) is 2.25. The maximum Gasteiger partial charge on any atom is 0.258 e. The lowest BCUT2D eigenvalue weighted by Gasteiger charge is -2.20. The van der Waals surface area contributed by atoms with E-state index < -0.39 is 0 Å². The van der Waals surface area contributed by atoms with E-state index in [-0.39, 0.29) is 18.1 Å². The summed E-state index contributed by atoms with van der Waals surface area (Å²) in [6.45, 7) is 5.65. The first-order valence-electron chi connectivity index (χ1n) is 5.69. The normalized spacial score (nSPS) is 10.9. The molecule has 0 aliphatic carbocycles.